The largest absolute Gasteiger partial charge is 0.476 e. The molecule has 3 aliphatic heterocycles. The Morgan fingerprint density at radius 2 is 2.03 bits per heavy atom. The number of pyridine rings is 1. The molecule has 1 aromatic carbocycles. The van der Waals surface area contributed by atoms with Crippen LogP contribution >= 0.6 is 0 Å². The molecule has 5 rings (SSSR count). The molecule has 1 aromatic heterocycles. The van der Waals surface area contributed by atoms with Gasteiger partial charge in [0.25, 0.3) is 0 Å². The van der Waals surface area contributed by atoms with Crippen molar-refractivity contribution < 1.29 is 19.3 Å². The van der Waals surface area contributed by atoms with Gasteiger partial charge < -0.3 is 28.8 Å². The van der Waals surface area contributed by atoms with Gasteiger partial charge in [0.15, 0.2) is 11.3 Å². The molecule has 0 saturated carbocycles. The van der Waals surface area contributed by atoms with Gasteiger partial charge in [-0.2, -0.15) is 0 Å². The van der Waals surface area contributed by atoms with Crippen LogP contribution in [0.2, 0.25) is 0 Å². The van der Waals surface area contributed by atoms with Crippen molar-refractivity contribution in [2.75, 3.05) is 44.4 Å². The number of nitrogens with zero attached hydrogens (tertiary/aromatic N) is 2. The Labute approximate surface area is 188 Å². The second kappa shape index (κ2) is 8.21. The summed E-state index contributed by atoms with van der Waals surface area (Å²) in [4.78, 5) is 15.1. The quantitative estimate of drug-likeness (QED) is 0.770. The fraction of sp³-hybridized carbons (Fsp3) is 0.560. The van der Waals surface area contributed by atoms with Crippen LogP contribution in [-0.2, 0) is 22.4 Å². The van der Waals surface area contributed by atoms with E-state index >= 15 is 0 Å². The Bertz CT molecular complexity index is 1060. The average molecular weight is 441 g/mol. The van der Waals surface area contributed by atoms with Crippen LogP contribution in [0.3, 0.4) is 0 Å². The molecule has 1 N–H and O–H groups in total. The van der Waals surface area contributed by atoms with Crippen LogP contribution in [0.4, 0.5) is 5.69 Å². The Morgan fingerprint density at radius 3 is 2.75 bits per heavy atom. The number of rotatable bonds is 5. The van der Waals surface area contributed by atoms with Gasteiger partial charge >= 0.3 is 0 Å². The van der Waals surface area contributed by atoms with Crippen LogP contribution in [-0.4, -0.2) is 60.9 Å². The topological polar surface area (TPSA) is 73.2 Å². The summed E-state index contributed by atoms with van der Waals surface area (Å²) in [5, 5.41) is 10.2. The maximum Gasteiger partial charge on any atom is 0.197 e. The van der Waals surface area contributed by atoms with Crippen LogP contribution in [0, 0.1) is 12.8 Å². The van der Waals surface area contributed by atoms with Crippen LogP contribution in [0.1, 0.15) is 25.0 Å². The second-order valence-electron chi connectivity index (χ2n) is 9.70. The van der Waals surface area contributed by atoms with Crippen molar-refractivity contribution in [2.24, 2.45) is 5.92 Å². The lowest BCUT2D eigenvalue weighted by atomic mass is 9.84. The predicted molar refractivity (Wildman–Crippen MR) is 123 cm³/mol. The Morgan fingerprint density at radius 1 is 1.22 bits per heavy atom. The van der Waals surface area contributed by atoms with Gasteiger partial charge in [-0.05, 0) is 44.9 Å². The highest BCUT2D eigenvalue weighted by molar-refractivity contribution is 5.73. The van der Waals surface area contributed by atoms with E-state index in [-0.39, 0.29) is 11.5 Å². The summed E-state index contributed by atoms with van der Waals surface area (Å²) in [5.74, 6) is 0.883. The van der Waals surface area contributed by atoms with Crippen molar-refractivity contribution in [3.05, 3.63) is 45.6 Å². The van der Waals surface area contributed by atoms with E-state index in [2.05, 4.69) is 27.7 Å². The van der Waals surface area contributed by atoms with Crippen LogP contribution in [0.25, 0.3) is 11.3 Å². The fourth-order valence-electron chi connectivity index (χ4n) is 4.81. The van der Waals surface area contributed by atoms with E-state index in [1.54, 1.807) is 6.07 Å². The van der Waals surface area contributed by atoms with Gasteiger partial charge in [0, 0.05) is 48.4 Å². The minimum atomic E-state index is -0.646. The Kier molecular flexibility index (Phi) is 5.51. The molecular formula is C25H32N2O5. The van der Waals surface area contributed by atoms with E-state index in [0.29, 0.717) is 38.2 Å². The SMILES string of the molecule is Cc1c2n(c(OC[C@@H]3COCCO3)cc1=O)CCc1cc(N3CC(C(C)(C)O)C3)ccc1-2. The first-order chi connectivity index (χ1) is 15.3. The Balaban J connectivity index is 1.40. The molecule has 7 heteroatoms. The van der Waals surface area contributed by atoms with Crippen molar-refractivity contribution in [3.63, 3.8) is 0 Å². The summed E-state index contributed by atoms with van der Waals surface area (Å²) in [7, 11) is 0. The minimum Gasteiger partial charge on any atom is -0.476 e. The average Bonchev–Trinajstić information content (AvgIpc) is 2.73. The zero-order valence-electron chi connectivity index (χ0n) is 19.1. The smallest absolute Gasteiger partial charge is 0.197 e. The summed E-state index contributed by atoms with van der Waals surface area (Å²) >= 11 is 0. The second-order valence-corrected chi connectivity index (χ2v) is 9.70. The lowest BCUT2D eigenvalue weighted by Gasteiger charge is -2.46. The maximum absolute atomic E-state index is 12.8. The number of benzene rings is 1. The van der Waals surface area contributed by atoms with Gasteiger partial charge in [-0.1, -0.05) is 6.07 Å². The van der Waals surface area contributed by atoms with E-state index in [4.69, 9.17) is 14.2 Å². The molecule has 32 heavy (non-hydrogen) atoms. The molecule has 0 amide bonds. The maximum atomic E-state index is 12.8. The van der Waals surface area contributed by atoms with E-state index in [1.807, 2.05) is 20.8 Å². The number of aliphatic hydroxyl groups is 1. The molecule has 0 aliphatic carbocycles. The third kappa shape index (κ3) is 3.93. The van der Waals surface area contributed by atoms with Crippen molar-refractivity contribution in [1.82, 2.24) is 4.57 Å². The number of aromatic nitrogens is 1. The first kappa shape index (κ1) is 21.5. The van der Waals surface area contributed by atoms with Crippen LogP contribution in [0.15, 0.2) is 29.1 Å². The highest BCUT2D eigenvalue weighted by Gasteiger charge is 2.37. The number of ether oxygens (including phenoxy) is 3. The third-order valence-electron chi connectivity index (χ3n) is 7.01. The summed E-state index contributed by atoms with van der Waals surface area (Å²) in [6.07, 6.45) is 0.764. The van der Waals surface area contributed by atoms with E-state index < -0.39 is 5.60 Å². The number of hydrogen-bond acceptors (Lipinski definition) is 6. The number of anilines is 1. The lowest BCUT2D eigenvalue weighted by Crippen LogP contribution is -2.55. The summed E-state index contributed by atoms with van der Waals surface area (Å²) in [6.45, 7) is 10.2. The molecule has 2 fully saturated rings. The van der Waals surface area contributed by atoms with Crippen LogP contribution in [0.5, 0.6) is 5.88 Å². The molecule has 0 unspecified atom stereocenters. The molecule has 2 aromatic rings. The third-order valence-corrected chi connectivity index (χ3v) is 7.01. The van der Waals surface area contributed by atoms with Gasteiger partial charge in [0.1, 0.15) is 12.7 Å². The fourth-order valence-corrected chi connectivity index (χ4v) is 4.81. The summed E-state index contributed by atoms with van der Waals surface area (Å²) in [5.41, 5.74) is 4.55. The normalized spacial score (nSPS) is 21.0. The number of fused-ring (bicyclic) bond motifs is 3. The van der Waals surface area contributed by atoms with Gasteiger partial charge in [-0.25, -0.2) is 0 Å². The van der Waals surface area contributed by atoms with Crippen LogP contribution < -0.4 is 15.1 Å². The first-order valence-corrected chi connectivity index (χ1v) is 11.5. The zero-order valence-corrected chi connectivity index (χ0v) is 19.1. The molecule has 2 saturated heterocycles. The lowest BCUT2D eigenvalue weighted by molar-refractivity contribution is -0.102. The van der Waals surface area contributed by atoms with E-state index in [1.165, 1.54) is 11.3 Å². The summed E-state index contributed by atoms with van der Waals surface area (Å²) in [6, 6.07) is 8.09. The zero-order chi connectivity index (χ0) is 22.5. The molecule has 7 nitrogen and oxygen atoms in total. The Hall–Kier alpha value is -2.35. The van der Waals surface area contributed by atoms with Crippen molar-refractivity contribution >= 4 is 5.69 Å². The van der Waals surface area contributed by atoms with Gasteiger partial charge in [0.05, 0.1) is 31.1 Å². The monoisotopic (exact) mass is 440 g/mol. The highest BCUT2D eigenvalue weighted by atomic mass is 16.6. The van der Waals surface area contributed by atoms with E-state index in [9.17, 15) is 9.90 Å². The van der Waals surface area contributed by atoms with E-state index in [0.717, 1.165) is 42.9 Å². The molecule has 172 valence electrons. The molecule has 0 bridgehead atoms. The number of aryl methyl sites for hydroxylation is 1. The highest BCUT2D eigenvalue weighted by Crippen LogP contribution is 2.38. The minimum absolute atomic E-state index is 0.0141. The molecule has 0 spiro atoms. The molecule has 0 radical (unpaired) electrons. The predicted octanol–water partition coefficient (Wildman–Crippen LogP) is 2.38. The van der Waals surface area contributed by atoms with Gasteiger partial charge in [0.2, 0.25) is 0 Å². The van der Waals surface area contributed by atoms with Crippen molar-refractivity contribution in [2.45, 2.75) is 45.4 Å². The van der Waals surface area contributed by atoms with Gasteiger partial charge in [-0.3, -0.25) is 4.79 Å². The molecule has 4 heterocycles. The molecule has 1 atom stereocenters. The van der Waals surface area contributed by atoms with Crippen molar-refractivity contribution in [3.8, 4) is 17.1 Å². The molecule has 3 aliphatic rings. The molecular weight excluding hydrogens is 408 g/mol. The van der Waals surface area contributed by atoms with Crippen molar-refractivity contribution in [1.29, 1.82) is 0 Å². The standard InChI is InChI=1S/C25H32N2O5/c1-16-22(28)11-23(32-15-20-14-30-8-9-31-20)27-7-6-17-10-19(4-5-21(17)24(16)27)26-12-18(13-26)25(2,3)29/h4-5,10-11,18,20,29H,6-9,12-15H2,1-3H3/t20-/m0/s1. The first-order valence-electron chi connectivity index (χ1n) is 11.5. The van der Waals surface area contributed by atoms with Gasteiger partial charge in [-0.15, -0.1) is 0 Å². The number of hydrogen-bond donors (Lipinski definition) is 1. The summed E-state index contributed by atoms with van der Waals surface area (Å²) < 4.78 is 19.3.